The Labute approximate surface area is 130 Å². The second-order valence-electron chi connectivity index (χ2n) is 5.73. The maximum Gasteiger partial charge on any atom is 0.230 e. The lowest BCUT2D eigenvalue weighted by atomic mass is 10.1. The molecule has 20 heavy (non-hydrogen) atoms. The van der Waals surface area contributed by atoms with Crippen molar-refractivity contribution in [1.29, 1.82) is 0 Å². The molecule has 0 heterocycles. The summed E-state index contributed by atoms with van der Waals surface area (Å²) in [6.45, 7) is 4.37. The van der Waals surface area contributed by atoms with Crippen LogP contribution in [0.5, 0.6) is 0 Å². The van der Waals surface area contributed by atoms with Crippen LogP contribution in [0.3, 0.4) is 0 Å². The molecule has 120 valence electrons. The molecule has 0 rings (SSSR count). The van der Waals surface area contributed by atoms with Crippen molar-refractivity contribution in [2.75, 3.05) is 5.75 Å². The molecule has 1 unspecified atom stereocenters. The molecule has 0 aliphatic carbocycles. The Morgan fingerprint density at radius 1 is 0.850 bits per heavy atom. The number of amides is 1. The van der Waals surface area contributed by atoms with Crippen LogP contribution in [0, 0.1) is 0 Å². The van der Waals surface area contributed by atoms with Crippen LogP contribution in [0.4, 0.5) is 0 Å². The topological polar surface area (TPSA) is 43.1 Å². The highest BCUT2D eigenvalue weighted by Gasteiger charge is 2.13. The molecule has 2 nitrogen and oxygen atoms in total. The van der Waals surface area contributed by atoms with Crippen molar-refractivity contribution in [2.24, 2.45) is 5.73 Å². The number of carbonyl (C=O) groups is 1. The number of rotatable bonds is 15. The zero-order valence-electron chi connectivity index (χ0n) is 13.7. The van der Waals surface area contributed by atoms with E-state index in [0.717, 1.165) is 18.6 Å². The minimum Gasteiger partial charge on any atom is -0.369 e. The van der Waals surface area contributed by atoms with Gasteiger partial charge in [0.25, 0.3) is 0 Å². The summed E-state index contributed by atoms with van der Waals surface area (Å²) < 4.78 is 0. The first-order valence-electron chi connectivity index (χ1n) is 8.63. The van der Waals surface area contributed by atoms with Gasteiger partial charge >= 0.3 is 0 Å². The average Bonchev–Trinajstić information content (AvgIpc) is 2.43. The van der Waals surface area contributed by atoms with Gasteiger partial charge in [-0.15, -0.1) is 11.8 Å². The van der Waals surface area contributed by atoms with E-state index in [1.807, 2.05) is 0 Å². The lowest BCUT2D eigenvalue weighted by Crippen LogP contribution is -2.25. The molecule has 0 fully saturated rings. The van der Waals surface area contributed by atoms with Gasteiger partial charge < -0.3 is 5.73 Å². The van der Waals surface area contributed by atoms with Crippen LogP contribution in [0.25, 0.3) is 0 Å². The molecule has 0 bridgehead atoms. The summed E-state index contributed by atoms with van der Waals surface area (Å²) in [4.78, 5) is 11.2. The summed E-state index contributed by atoms with van der Waals surface area (Å²) in [5.74, 6) is 0.952. The molecule has 0 saturated carbocycles. The zero-order chi connectivity index (χ0) is 15.1. The maximum atomic E-state index is 11.2. The molecule has 0 aromatic heterocycles. The second kappa shape index (κ2) is 15.2. The molecule has 0 aromatic carbocycles. The SMILES string of the molecule is CCCCCCCCCCCCSC(CCC)C(N)=O. The molecule has 0 radical (unpaired) electrons. The Balaban J connectivity index is 3.25. The van der Waals surface area contributed by atoms with Gasteiger partial charge in [0.05, 0.1) is 5.25 Å². The third-order valence-electron chi connectivity index (χ3n) is 3.69. The lowest BCUT2D eigenvalue weighted by Gasteiger charge is -2.11. The predicted octanol–water partition coefficient (Wildman–Crippen LogP) is 5.29. The summed E-state index contributed by atoms with van der Waals surface area (Å²) >= 11 is 1.76. The second-order valence-corrected chi connectivity index (χ2v) is 7.04. The highest BCUT2D eigenvalue weighted by molar-refractivity contribution is 8.00. The quantitative estimate of drug-likeness (QED) is 0.417. The lowest BCUT2D eigenvalue weighted by molar-refractivity contribution is -0.117. The third-order valence-corrected chi connectivity index (χ3v) is 5.08. The first kappa shape index (κ1) is 19.8. The van der Waals surface area contributed by atoms with Crippen molar-refractivity contribution in [3.05, 3.63) is 0 Å². The van der Waals surface area contributed by atoms with E-state index in [1.165, 1.54) is 64.2 Å². The van der Waals surface area contributed by atoms with E-state index in [4.69, 9.17) is 5.73 Å². The molecule has 1 amide bonds. The molecule has 0 aliphatic rings. The van der Waals surface area contributed by atoms with E-state index < -0.39 is 0 Å². The summed E-state index contributed by atoms with van der Waals surface area (Å²) in [5.41, 5.74) is 5.39. The van der Waals surface area contributed by atoms with Crippen LogP contribution in [0.15, 0.2) is 0 Å². The van der Waals surface area contributed by atoms with E-state index in [0.29, 0.717) is 0 Å². The molecule has 2 N–H and O–H groups in total. The molecule has 0 spiro atoms. The van der Waals surface area contributed by atoms with Crippen LogP contribution in [-0.4, -0.2) is 16.9 Å². The Kier molecular flexibility index (Phi) is 15.1. The van der Waals surface area contributed by atoms with Gasteiger partial charge in [-0.3, -0.25) is 4.79 Å². The Bertz CT molecular complexity index is 221. The number of hydrogen-bond donors (Lipinski definition) is 1. The number of primary amides is 1. The van der Waals surface area contributed by atoms with Gasteiger partial charge in [0.2, 0.25) is 5.91 Å². The molecule has 3 heteroatoms. The first-order valence-corrected chi connectivity index (χ1v) is 9.68. The average molecular weight is 302 g/mol. The van der Waals surface area contributed by atoms with Gasteiger partial charge in [-0.25, -0.2) is 0 Å². The minimum atomic E-state index is -0.135. The zero-order valence-corrected chi connectivity index (χ0v) is 14.5. The highest BCUT2D eigenvalue weighted by Crippen LogP contribution is 2.19. The summed E-state index contributed by atoms with van der Waals surface area (Å²) in [6, 6.07) is 0. The fraction of sp³-hybridized carbons (Fsp3) is 0.941. The van der Waals surface area contributed by atoms with Gasteiger partial charge in [-0.2, -0.15) is 0 Å². The van der Waals surface area contributed by atoms with E-state index in [2.05, 4.69) is 13.8 Å². The van der Waals surface area contributed by atoms with Crippen molar-refractivity contribution in [3.8, 4) is 0 Å². The van der Waals surface area contributed by atoms with E-state index >= 15 is 0 Å². The third kappa shape index (κ3) is 12.8. The Morgan fingerprint density at radius 2 is 1.35 bits per heavy atom. The molecular weight excluding hydrogens is 266 g/mol. The molecular formula is C17H35NOS. The number of thioether (sulfide) groups is 1. The van der Waals surface area contributed by atoms with Gasteiger partial charge in [0.15, 0.2) is 0 Å². The van der Waals surface area contributed by atoms with E-state index in [-0.39, 0.29) is 11.2 Å². The number of hydrogen-bond acceptors (Lipinski definition) is 2. The van der Waals surface area contributed by atoms with Gasteiger partial charge in [0.1, 0.15) is 0 Å². The Hall–Kier alpha value is -0.180. The van der Waals surface area contributed by atoms with Crippen molar-refractivity contribution in [2.45, 2.75) is 96.1 Å². The summed E-state index contributed by atoms with van der Waals surface area (Å²) in [7, 11) is 0. The molecule has 0 saturated heterocycles. The minimum absolute atomic E-state index is 0.0403. The number of unbranched alkanes of at least 4 members (excludes halogenated alkanes) is 9. The number of nitrogens with two attached hydrogens (primary N) is 1. The van der Waals surface area contributed by atoms with Crippen LogP contribution >= 0.6 is 11.8 Å². The Morgan fingerprint density at radius 3 is 1.80 bits per heavy atom. The smallest absolute Gasteiger partial charge is 0.230 e. The van der Waals surface area contributed by atoms with Crippen LogP contribution < -0.4 is 5.73 Å². The predicted molar refractivity (Wildman–Crippen MR) is 92.2 cm³/mol. The van der Waals surface area contributed by atoms with Crippen LogP contribution in [-0.2, 0) is 4.79 Å². The summed E-state index contributed by atoms with van der Waals surface area (Å²) in [6.07, 6.45) is 15.6. The number of carbonyl (C=O) groups excluding carboxylic acids is 1. The normalized spacial score (nSPS) is 12.5. The van der Waals surface area contributed by atoms with Crippen molar-refractivity contribution < 1.29 is 4.79 Å². The highest BCUT2D eigenvalue weighted by atomic mass is 32.2. The maximum absolute atomic E-state index is 11.2. The largest absolute Gasteiger partial charge is 0.369 e. The fourth-order valence-corrected chi connectivity index (χ4v) is 3.61. The standard InChI is InChI=1S/C17H35NOS/c1-3-5-6-7-8-9-10-11-12-13-15-20-16(14-4-2)17(18)19/h16H,3-15H2,1-2H3,(H2,18,19). The van der Waals surface area contributed by atoms with Crippen molar-refractivity contribution >= 4 is 17.7 Å². The van der Waals surface area contributed by atoms with Gasteiger partial charge in [-0.05, 0) is 18.6 Å². The van der Waals surface area contributed by atoms with Crippen LogP contribution in [0.2, 0.25) is 0 Å². The van der Waals surface area contributed by atoms with Crippen molar-refractivity contribution in [3.63, 3.8) is 0 Å². The van der Waals surface area contributed by atoms with Gasteiger partial charge in [-0.1, -0.05) is 78.1 Å². The molecule has 0 aliphatic heterocycles. The molecule has 0 aromatic rings. The van der Waals surface area contributed by atoms with Gasteiger partial charge in [0, 0.05) is 0 Å². The van der Waals surface area contributed by atoms with E-state index in [1.54, 1.807) is 11.8 Å². The molecule has 1 atom stereocenters. The van der Waals surface area contributed by atoms with E-state index in [9.17, 15) is 4.79 Å². The monoisotopic (exact) mass is 301 g/mol. The van der Waals surface area contributed by atoms with Crippen LogP contribution in [0.1, 0.15) is 90.9 Å². The summed E-state index contributed by atoms with van der Waals surface area (Å²) in [5, 5.41) is 0.0403. The fourth-order valence-electron chi connectivity index (χ4n) is 2.39. The van der Waals surface area contributed by atoms with Crippen molar-refractivity contribution in [1.82, 2.24) is 0 Å². The first-order chi connectivity index (χ1) is 9.72.